The number of thiazole rings is 1. The van der Waals surface area contributed by atoms with Crippen LogP contribution >= 0.6 is 34.7 Å². The highest BCUT2D eigenvalue weighted by Gasteiger charge is 2.16. The number of ether oxygens (including phenoxy) is 1. The van der Waals surface area contributed by atoms with E-state index in [-0.39, 0.29) is 17.4 Å². The van der Waals surface area contributed by atoms with Crippen molar-refractivity contribution in [1.29, 1.82) is 0 Å². The van der Waals surface area contributed by atoms with E-state index in [2.05, 4.69) is 20.9 Å². The van der Waals surface area contributed by atoms with Crippen LogP contribution in [0.5, 0.6) is 5.75 Å². The lowest BCUT2D eigenvalue weighted by Crippen LogP contribution is -2.30. The predicted molar refractivity (Wildman–Crippen MR) is 182 cm³/mol. The van der Waals surface area contributed by atoms with Gasteiger partial charge in [-0.1, -0.05) is 60.1 Å². The third-order valence-corrected chi connectivity index (χ3v) is 8.31. The minimum atomic E-state index is -0.504. The number of hydrogen-bond acceptors (Lipinski definition) is 7. The molecule has 0 spiro atoms. The summed E-state index contributed by atoms with van der Waals surface area (Å²) in [6.45, 7) is 0. The van der Waals surface area contributed by atoms with Gasteiger partial charge in [0.25, 0.3) is 11.8 Å². The van der Waals surface area contributed by atoms with Crippen molar-refractivity contribution < 1.29 is 19.1 Å². The topological polar surface area (TPSA) is 109 Å². The van der Waals surface area contributed by atoms with Crippen LogP contribution in [0, 0.1) is 0 Å². The Labute approximate surface area is 273 Å². The van der Waals surface area contributed by atoms with Gasteiger partial charge < -0.3 is 20.7 Å². The summed E-state index contributed by atoms with van der Waals surface area (Å²) < 4.78 is 5.22. The van der Waals surface area contributed by atoms with E-state index in [0.717, 1.165) is 16.2 Å². The first-order valence-corrected chi connectivity index (χ1v) is 15.9. The van der Waals surface area contributed by atoms with Crippen LogP contribution in [-0.2, 0) is 9.59 Å². The van der Waals surface area contributed by atoms with E-state index < -0.39 is 11.8 Å². The fourth-order valence-corrected chi connectivity index (χ4v) is 5.68. The average Bonchev–Trinajstić information content (AvgIpc) is 3.53. The molecular formula is C34H27ClN4O4S2. The molecule has 8 nitrogen and oxygen atoms in total. The Morgan fingerprint density at radius 2 is 1.67 bits per heavy atom. The summed E-state index contributed by atoms with van der Waals surface area (Å²) >= 11 is 8.63. The molecule has 0 atom stereocenters. The van der Waals surface area contributed by atoms with Gasteiger partial charge in [-0.25, -0.2) is 4.98 Å². The van der Waals surface area contributed by atoms with E-state index in [1.807, 2.05) is 29.6 Å². The molecule has 3 N–H and O–H groups in total. The van der Waals surface area contributed by atoms with Crippen molar-refractivity contribution >= 4 is 69.3 Å². The van der Waals surface area contributed by atoms with E-state index in [1.54, 1.807) is 92.0 Å². The van der Waals surface area contributed by atoms with Gasteiger partial charge in [-0.2, -0.15) is 0 Å². The zero-order valence-corrected chi connectivity index (χ0v) is 26.3. The highest BCUT2D eigenvalue weighted by molar-refractivity contribution is 8.00. The number of nitrogens with one attached hydrogen (secondary N) is 3. The molecule has 0 aliphatic rings. The van der Waals surface area contributed by atoms with Gasteiger partial charge in [0, 0.05) is 32.1 Å². The summed E-state index contributed by atoms with van der Waals surface area (Å²) in [7, 11) is 1.57. The lowest BCUT2D eigenvalue weighted by atomic mass is 10.1. The van der Waals surface area contributed by atoms with Crippen LogP contribution < -0.4 is 20.7 Å². The number of amides is 3. The maximum Gasteiger partial charge on any atom is 0.272 e. The Kier molecular flexibility index (Phi) is 10.7. The number of anilines is 2. The van der Waals surface area contributed by atoms with Crippen molar-refractivity contribution in [2.75, 3.05) is 23.5 Å². The van der Waals surface area contributed by atoms with Crippen LogP contribution in [0.3, 0.4) is 0 Å². The summed E-state index contributed by atoms with van der Waals surface area (Å²) in [5.74, 6) is -0.316. The summed E-state index contributed by atoms with van der Waals surface area (Å²) in [5, 5.41) is 11.4. The second-order valence-corrected chi connectivity index (χ2v) is 11.9. The molecule has 11 heteroatoms. The number of hydrogen-bond donors (Lipinski definition) is 3. The molecule has 45 heavy (non-hydrogen) atoms. The first-order chi connectivity index (χ1) is 21.9. The molecule has 1 aromatic heterocycles. The van der Waals surface area contributed by atoms with Gasteiger partial charge in [-0.05, 0) is 66.2 Å². The fraction of sp³-hybridized carbons (Fsp3) is 0.0588. The van der Waals surface area contributed by atoms with Crippen LogP contribution in [0.2, 0.25) is 5.02 Å². The number of carbonyl (C=O) groups is 3. The average molecular weight is 655 g/mol. The molecular weight excluding hydrogens is 628 g/mol. The van der Waals surface area contributed by atoms with Crippen molar-refractivity contribution in [2.45, 2.75) is 4.90 Å². The monoisotopic (exact) mass is 654 g/mol. The third kappa shape index (κ3) is 9.05. The largest absolute Gasteiger partial charge is 0.497 e. The van der Waals surface area contributed by atoms with Crippen LogP contribution in [-0.4, -0.2) is 35.6 Å². The van der Waals surface area contributed by atoms with Gasteiger partial charge in [0.05, 0.1) is 18.6 Å². The Balaban J connectivity index is 1.22. The number of nitrogens with zero attached hydrogens (tertiary/aromatic N) is 1. The minimum Gasteiger partial charge on any atom is -0.497 e. The number of thioether (sulfide) groups is 1. The van der Waals surface area contributed by atoms with Crippen LogP contribution in [0.25, 0.3) is 17.3 Å². The Hall–Kier alpha value is -4.90. The molecule has 0 unspecified atom stereocenters. The second-order valence-electron chi connectivity index (χ2n) is 9.51. The Morgan fingerprint density at radius 1 is 0.911 bits per heavy atom. The van der Waals surface area contributed by atoms with Gasteiger partial charge in [0.2, 0.25) is 5.91 Å². The molecule has 3 amide bonds. The molecule has 0 fully saturated rings. The van der Waals surface area contributed by atoms with Crippen molar-refractivity contribution in [1.82, 2.24) is 10.3 Å². The van der Waals surface area contributed by atoms with Crippen molar-refractivity contribution in [3.63, 3.8) is 0 Å². The van der Waals surface area contributed by atoms with E-state index in [4.69, 9.17) is 16.3 Å². The summed E-state index contributed by atoms with van der Waals surface area (Å²) in [6, 6.07) is 30.2. The zero-order chi connectivity index (χ0) is 31.6. The molecule has 0 aliphatic heterocycles. The van der Waals surface area contributed by atoms with Gasteiger partial charge in [-0.15, -0.1) is 23.1 Å². The van der Waals surface area contributed by atoms with Crippen molar-refractivity contribution in [3.8, 4) is 17.0 Å². The summed E-state index contributed by atoms with van der Waals surface area (Å²) in [6.07, 6.45) is 1.59. The minimum absolute atomic E-state index is 0.0628. The zero-order valence-electron chi connectivity index (χ0n) is 24.0. The maximum atomic E-state index is 13.4. The fourth-order valence-electron chi connectivity index (χ4n) is 4.06. The van der Waals surface area contributed by atoms with E-state index in [0.29, 0.717) is 32.7 Å². The van der Waals surface area contributed by atoms with Gasteiger partial charge in [0.15, 0.2) is 5.13 Å². The first kappa shape index (κ1) is 31.5. The molecule has 0 aliphatic carbocycles. The number of methoxy groups -OCH3 is 1. The molecule has 5 rings (SSSR count). The number of aromatic nitrogens is 1. The molecule has 0 saturated heterocycles. The van der Waals surface area contributed by atoms with E-state index >= 15 is 0 Å². The third-order valence-electron chi connectivity index (χ3n) is 6.31. The molecule has 0 radical (unpaired) electrons. The van der Waals surface area contributed by atoms with Crippen molar-refractivity contribution in [3.05, 3.63) is 130 Å². The maximum absolute atomic E-state index is 13.4. The standard InChI is InChI=1S/C34H27ClN4O4S2/c1-43-27-16-10-22(11-17-27)18-29(37-32(41)24-6-3-2-4-7-24)33(42)36-26-8-5-9-28(19-26)44-21-31(40)39-34-38-30(20-45-34)23-12-14-25(35)15-13-23/h2-20H,21H2,1H3,(H,36,42)(H,37,41)(H,38,39,40)/b29-18+. The lowest BCUT2D eigenvalue weighted by Gasteiger charge is -2.12. The number of carbonyl (C=O) groups excluding carboxylic acids is 3. The van der Waals surface area contributed by atoms with Gasteiger partial charge in [0.1, 0.15) is 11.4 Å². The quantitative estimate of drug-likeness (QED) is 0.0999. The molecule has 226 valence electrons. The van der Waals surface area contributed by atoms with Crippen LogP contribution in [0.15, 0.2) is 119 Å². The number of rotatable bonds is 11. The van der Waals surface area contributed by atoms with E-state index in [9.17, 15) is 14.4 Å². The second kappa shape index (κ2) is 15.2. The highest BCUT2D eigenvalue weighted by atomic mass is 35.5. The molecule has 5 aromatic rings. The Bertz CT molecular complexity index is 1830. The lowest BCUT2D eigenvalue weighted by molar-refractivity contribution is -0.114. The molecule has 4 aromatic carbocycles. The number of halogens is 1. The van der Waals surface area contributed by atoms with Gasteiger partial charge >= 0.3 is 0 Å². The van der Waals surface area contributed by atoms with Crippen molar-refractivity contribution in [2.24, 2.45) is 0 Å². The molecule has 1 heterocycles. The van der Waals surface area contributed by atoms with Crippen LogP contribution in [0.4, 0.5) is 10.8 Å². The van der Waals surface area contributed by atoms with Crippen LogP contribution in [0.1, 0.15) is 15.9 Å². The van der Waals surface area contributed by atoms with Gasteiger partial charge in [-0.3, -0.25) is 14.4 Å². The Morgan fingerprint density at radius 3 is 2.40 bits per heavy atom. The molecule has 0 bridgehead atoms. The smallest absolute Gasteiger partial charge is 0.272 e. The predicted octanol–water partition coefficient (Wildman–Crippen LogP) is 7.61. The summed E-state index contributed by atoms with van der Waals surface area (Å²) in [5.41, 5.74) is 3.35. The molecule has 0 saturated carbocycles. The highest BCUT2D eigenvalue weighted by Crippen LogP contribution is 2.27. The first-order valence-electron chi connectivity index (χ1n) is 13.6. The summed E-state index contributed by atoms with van der Waals surface area (Å²) in [4.78, 5) is 44.2. The van der Waals surface area contributed by atoms with E-state index in [1.165, 1.54) is 23.1 Å². The normalized spacial score (nSPS) is 11.0. The number of benzene rings is 4. The SMILES string of the molecule is COc1ccc(/C=C(/NC(=O)c2ccccc2)C(=O)Nc2cccc(SCC(=O)Nc3nc(-c4ccc(Cl)cc4)cs3)c2)cc1.